The number of hydrogen-bond acceptors (Lipinski definition) is 2. The predicted octanol–water partition coefficient (Wildman–Crippen LogP) is 4.57. The molecule has 0 aromatic heterocycles. The Morgan fingerprint density at radius 1 is 1.20 bits per heavy atom. The molecule has 4 aliphatic rings. The van der Waals surface area contributed by atoms with Crippen molar-refractivity contribution in [2.24, 2.45) is 34.5 Å². The molecule has 2 N–H and O–H groups in total. The quantitative estimate of drug-likeness (QED) is 0.541. The summed E-state index contributed by atoms with van der Waals surface area (Å²) in [5.41, 5.74) is 3.01. The van der Waals surface area contributed by atoms with E-state index in [0.29, 0.717) is 23.7 Å². The highest BCUT2D eigenvalue weighted by Crippen LogP contribution is 2.67. The average Bonchev–Trinajstić information content (AvgIpc) is 2.79. The molecule has 3 heteroatoms. The molecule has 138 valence electrons. The number of aliphatic carboxylic acids is 1. The van der Waals surface area contributed by atoms with E-state index >= 15 is 0 Å². The van der Waals surface area contributed by atoms with E-state index in [1.165, 1.54) is 23.6 Å². The fourth-order valence-corrected chi connectivity index (χ4v) is 7.27. The second kappa shape index (κ2) is 5.70. The molecule has 1 unspecified atom stereocenters. The summed E-state index contributed by atoms with van der Waals surface area (Å²) in [4.78, 5) is 11.4. The molecule has 0 bridgehead atoms. The van der Waals surface area contributed by atoms with Crippen LogP contribution in [0.4, 0.5) is 0 Å². The van der Waals surface area contributed by atoms with Crippen molar-refractivity contribution in [3.8, 4) is 0 Å². The van der Waals surface area contributed by atoms with Crippen LogP contribution in [0.5, 0.6) is 0 Å². The van der Waals surface area contributed by atoms with Gasteiger partial charge in [-0.3, -0.25) is 0 Å². The third-order valence-corrected chi connectivity index (χ3v) is 8.54. The van der Waals surface area contributed by atoms with E-state index in [2.05, 4.69) is 26.8 Å². The normalized spacial score (nSPS) is 50.6. The number of carboxylic acid groups (broad SMARTS) is 1. The Kier molecular flexibility index (Phi) is 3.95. The van der Waals surface area contributed by atoms with Crippen LogP contribution in [0.1, 0.15) is 65.7 Å². The lowest BCUT2D eigenvalue weighted by molar-refractivity contribution is -0.131. The molecule has 0 radical (unpaired) electrons. The fraction of sp³-hybridized carbons (Fsp3) is 0.773. The molecule has 4 rings (SSSR count). The largest absolute Gasteiger partial charge is 0.478 e. The first kappa shape index (κ1) is 17.3. The molecule has 0 aliphatic heterocycles. The van der Waals surface area contributed by atoms with E-state index < -0.39 is 5.97 Å². The van der Waals surface area contributed by atoms with Gasteiger partial charge in [0.05, 0.1) is 6.10 Å². The van der Waals surface area contributed by atoms with E-state index in [1.807, 2.05) is 0 Å². The molecular formula is C22H32O3. The summed E-state index contributed by atoms with van der Waals surface area (Å²) < 4.78 is 0. The van der Waals surface area contributed by atoms with Crippen molar-refractivity contribution in [1.82, 2.24) is 0 Å². The third-order valence-electron chi connectivity index (χ3n) is 8.54. The number of fused-ring (bicyclic) bond motifs is 5. The van der Waals surface area contributed by atoms with Crippen LogP contribution >= 0.6 is 0 Å². The maximum absolute atomic E-state index is 11.4. The van der Waals surface area contributed by atoms with E-state index in [0.717, 1.165) is 38.5 Å². The highest BCUT2D eigenvalue weighted by atomic mass is 16.4. The summed E-state index contributed by atoms with van der Waals surface area (Å²) in [6, 6.07) is 0. The second-order valence-corrected chi connectivity index (χ2v) is 9.69. The monoisotopic (exact) mass is 344 g/mol. The van der Waals surface area contributed by atoms with Gasteiger partial charge >= 0.3 is 5.97 Å². The Morgan fingerprint density at radius 2 is 1.92 bits per heavy atom. The summed E-state index contributed by atoms with van der Waals surface area (Å²) in [5, 5.41) is 19.4. The maximum atomic E-state index is 11.4. The number of aliphatic hydroxyl groups excluding tert-OH is 1. The van der Waals surface area contributed by atoms with Crippen molar-refractivity contribution in [3.63, 3.8) is 0 Å². The number of carboxylic acids is 1. The molecule has 4 aliphatic carbocycles. The van der Waals surface area contributed by atoms with Crippen LogP contribution in [0.2, 0.25) is 0 Å². The van der Waals surface area contributed by atoms with Crippen LogP contribution in [0.3, 0.4) is 0 Å². The van der Waals surface area contributed by atoms with E-state index in [1.54, 1.807) is 0 Å². The molecule has 0 saturated heterocycles. The lowest BCUT2D eigenvalue weighted by atomic mass is 9.48. The van der Waals surface area contributed by atoms with Crippen molar-refractivity contribution in [2.75, 3.05) is 0 Å². The highest BCUT2D eigenvalue weighted by molar-refractivity contribution is 5.81. The van der Waals surface area contributed by atoms with Crippen molar-refractivity contribution in [2.45, 2.75) is 71.8 Å². The first-order chi connectivity index (χ1) is 11.8. The molecule has 0 aromatic carbocycles. The smallest absolute Gasteiger partial charge is 0.328 e. The molecule has 25 heavy (non-hydrogen) atoms. The number of aliphatic hydroxyl groups is 1. The minimum Gasteiger partial charge on any atom is -0.478 e. The fourth-order valence-electron chi connectivity index (χ4n) is 7.27. The van der Waals surface area contributed by atoms with Crippen LogP contribution in [-0.4, -0.2) is 22.3 Å². The van der Waals surface area contributed by atoms with Gasteiger partial charge in [-0.2, -0.15) is 0 Å². The molecule has 7 atom stereocenters. The first-order valence-electron chi connectivity index (χ1n) is 10.1. The molecule has 3 nitrogen and oxygen atoms in total. The Morgan fingerprint density at radius 3 is 2.64 bits per heavy atom. The summed E-state index contributed by atoms with van der Waals surface area (Å²) in [5.74, 6) is 1.58. The van der Waals surface area contributed by atoms with Gasteiger partial charge in [0.25, 0.3) is 0 Å². The SMILES string of the molecule is CC1C[C@H]2[C@@H]3CC=C4C[C@@H](O)CC[C@]4(C)[C@H]3CC[C@]2(C)C1=CC(=O)O. The zero-order valence-corrected chi connectivity index (χ0v) is 15.8. The van der Waals surface area contributed by atoms with Crippen LogP contribution in [0.25, 0.3) is 0 Å². The van der Waals surface area contributed by atoms with Gasteiger partial charge in [-0.1, -0.05) is 38.0 Å². The number of allylic oxidation sites excluding steroid dienone is 2. The third kappa shape index (κ3) is 2.45. The number of hydrogen-bond donors (Lipinski definition) is 2. The summed E-state index contributed by atoms with van der Waals surface area (Å²) in [6.45, 7) is 6.99. The van der Waals surface area contributed by atoms with Gasteiger partial charge < -0.3 is 10.2 Å². The number of carbonyl (C=O) groups is 1. The zero-order chi connectivity index (χ0) is 18.0. The zero-order valence-electron chi connectivity index (χ0n) is 15.8. The van der Waals surface area contributed by atoms with Gasteiger partial charge in [0.15, 0.2) is 0 Å². The Balaban J connectivity index is 1.69. The van der Waals surface area contributed by atoms with E-state index in [-0.39, 0.29) is 16.9 Å². The summed E-state index contributed by atoms with van der Waals surface area (Å²) in [6.07, 6.45) is 11.3. The minimum atomic E-state index is -0.787. The van der Waals surface area contributed by atoms with Crippen LogP contribution < -0.4 is 0 Å². The van der Waals surface area contributed by atoms with Gasteiger partial charge in [-0.15, -0.1) is 0 Å². The minimum absolute atomic E-state index is 0.0643. The lowest BCUT2D eigenvalue weighted by Crippen LogP contribution is -2.49. The topological polar surface area (TPSA) is 57.5 Å². The average molecular weight is 344 g/mol. The molecule has 3 saturated carbocycles. The summed E-state index contributed by atoms with van der Waals surface area (Å²) >= 11 is 0. The molecule has 0 amide bonds. The van der Waals surface area contributed by atoms with Crippen LogP contribution in [-0.2, 0) is 4.79 Å². The Labute approximate surface area is 151 Å². The summed E-state index contributed by atoms with van der Waals surface area (Å²) in [7, 11) is 0. The number of rotatable bonds is 1. The van der Waals surface area contributed by atoms with Crippen molar-refractivity contribution < 1.29 is 15.0 Å². The molecule has 0 spiro atoms. The van der Waals surface area contributed by atoms with Crippen LogP contribution in [0.15, 0.2) is 23.3 Å². The van der Waals surface area contributed by atoms with Gasteiger partial charge in [0.2, 0.25) is 0 Å². The Hall–Kier alpha value is -1.09. The maximum Gasteiger partial charge on any atom is 0.328 e. The van der Waals surface area contributed by atoms with Crippen molar-refractivity contribution in [3.05, 3.63) is 23.3 Å². The van der Waals surface area contributed by atoms with E-state index in [9.17, 15) is 15.0 Å². The molecular weight excluding hydrogens is 312 g/mol. The van der Waals surface area contributed by atoms with Crippen LogP contribution in [0, 0.1) is 34.5 Å². The highest BCUT2D eigenvalue weighted by Gasteiger charge is 2.58. The van der Waals surface area contributed by atoms with Gasteiger partial charge in [-0.25, -0.2) is 4.79 Å². The van der Waals surface area contributed by atoms with Gasteiger partial charge in [0.1, 0.15) is 0 Å². The first-order valence-corrected chi connectivity index (χ1v) is 10.1. The van der Waals surface area contributed by atoms with Gasteiger partial charge in [0, 0.05) is 6.08 Å². The molecule has 0 heterocycles. The molecule has 3 fully saturated rings. The predicted molar refractivity (Wildman–Crippen MR) is 98.0 cm³/mol. The van der Waals surface area contributed by atoms with E-state index in [4.69, 9.17) is 0 Å². The lowest BCUT2D eigenvalue weighted by Gasteiger charge is -2.57. The standard InChI is InChI=1S/C22H32O3/c1-13-10-19-16-5-4-14-11-15(23)6-8-21(14,2)17(16)7-9-22(19,3)18(13)12-20(24)25/h4,12-13,15-17,19,23H,5-11H2,1-3H3,(H,24,25)/t13?,15-,16+,17-,19-,21-,22+/m0/s1. The van der Waals surface area contributed by atoms with Crippen molar-refractivity contribution >= 4 is 5.97 Å². The van der Waals surface area contributed by atoms with Gasteiger partial charge in [-0.05, 0) is 79.4 Å². The second-order valence-electron chi connectivity index (χ2n) is 9.69. The molecule has 0 aromatic rings. The Bertz CT molecular complexity index is 648. The van der Waals surface area contributed by atoms with Crippen molar-refractivity contribution in [1.29, 1.82) is 0 Å².